The SMILES string of the molecule is Cn1c(=O)n(C2CCC(=O)NC2=O)c2cccc([C@H]3CCN(CC4CCC(n5cc6cc(NC(=O)c7cccc(C(F)F)n7)ccc6n5)CC4)C[C@H]3F)c21. The quantitative estimate of drug-likeness (QED) is 0.192. The van der Waals surface area contributed by atoms with Gasteiger partial charge in [-0.15, -0.1) is 0 Å². The van der Waals surface area contributed by atoms with Crippen LogP contribution in [0.1, 0.15) is 91.1 Å². The highest BCUT2D eigenvalue weighted by molar-refractivity contribution is 6.04. The first kappa shape index (κ1) is 35.7. The maximum Gasteiger partial charge on any atom is 0.329 e. The van der Waals surface area contributed by atoms with Crippen LogP contribution < -0.4 is 16.3 Å². The highest BCUT2D eigenvalue weighted by Gasteiger charge is 2.36. The van der Waals surface area contributed by atoms with Crippen molar-refractivity contribution < 1.29 is 27.6 Å². The first-order chi connectivity index (χ1) is 26.0. The monoisotopic (exact) mass is 742 g/mol. The van der Waals surface area contributed by atoms with E-state index in [1.165, 1.54) is 27.3 Å². The minimum absolute atomic E-state index is 0.0864. The molecule has 3 aliphatic rings. The minimum atomic E-state index is -2.77. The normalized spacial score (nSPS) is 24.0. The fourth-order valence-electron chi connectivity index (χ4n) is 8.64. The summed E-state index contributed by atoms with van der Waals surface area (Å²) in [6, 6.07) is 14.2. The molecule has 0 bridgehead atoms. The van der Waals surface area contributed by atoms with Gasteiger partial charge in [0.15, 0.2) is 0 Å². The number of fused-ring (bicyclic) bond motifs is 2. The molecule has 5 aromatic rings. The maximum atomic E-state index is 16.1. The molecule has 2 N–H and O–H groups in total. The van der Waals surface area contributed by atoms with Crippen LogP contribution in [0.3, 0.4) is 0 Å². The van der Waals surface area contributed by atoms with Crippen molar-refractivity contribution in [1.82, 2.24) is 34.1 Å². The number of piperidine rings is 2. The summed E-state index contributed by atoms with van der Waals surface area (Å²) in [5.41, 5.74) is 2.38. The van der Waals surface area contributed by atoms with E-state index in [1.807, 2.05) is 35.1 Å². The maximum absolute atomic E-state index is 16.1. The van der Waals surface area contributed by atoms with Gasteiger partial charge in [-0.2, -0.15) is 5.10 Å². The van der Waals surface area contributed by atoms with Gasteiger partial charge in [-0.3, -0.25) is 33.5 Å². The molecule has 3 aromatic heterocycles. The second-order valence-electron chi connectivity index (χ2n) is 14.8. The molecule has 2 saturated heterocycles. The molecule has 2 aromatic carbocycles. The average Bonchev–Trinajstić information content (AvgIpc) is 3.70. The molecule has 3 fully saturated rings. The van der Waals surface area contributed by atoms with E-state index < -0.39 is 36.1 Å². The number of benzene rings is 2. The van der Waals surface area contributed by atoms with Gasteiger partial charge in [0.1, 0.15) is 23.6 Å². The van der Waals surface area contributed by atoms with Crippen LogP contribution in [0.4, 0.5) is 18.9 Å². The molecule has 1 unspecified atom stereocenters. The zero-order valence-electron chi connectivity index (χ0n) is 29.8. The Kier molecular flexibility index (Phi) is 9.58. The van der Waals surface area contributed by atoms with E-state index in [-0.39, 0.29) is 42.1 Å². The molecule has 1 saturated carbocycles. The summed E-state index contributed by atoms with van der Waals surface area (Å²) < 4.78 is 47.1. The summed E-state index contributed by atoms with van der Waals surface area (Å²) >= 11 is 0. The summed E-state index contributed by atoms with van der Waals surface area (Å²) in [7, 11) is 1.65. The molecule has 8 rings (SSSR count). The van der Waals surface area contributed by atoms with Gasteiger partial charge in [-0.05, 0) is 92.9 Å². The lowest BCUT2D eigenvalue weighted by Crippen LogP contribution is -2.44. The van der Waals surface area contributed by atoms with Gasteiger partial charge >= 0.3 is 5.69 Å². The van der Waals surface area contributed by atoms with Crippen LogP contribution in [0.5, 0.6) is 0 Å². The molecule has 0 spiro atoms. The van der Waals surface area contributed by atoms with E-state index in [4.69, 9.17) is 5.10 Å². The largest absolute Gasteiger partial charge is 0.329 e. The van der Waals surface area contributed by atoms with Gasteiger partial charge in [0.05, 0.1) is 22.6 Å². The first-order valence-electron chi connectivity index (χ1n) is 18.5. The summed E-state index contributed by atoms with van der Waals surface area (Å²) in [5.74, 6) is -1.37. The summed E-state index contributed by atoms with van der Waals surface area (Å²) in [5, 5.41) is 10.7. The van der Waals surface area contributed by atoms with Crippen LogP contribution >= 0.6 is 0 Å². The molecule has 15 heteroatoms. The van der Waals surface area contributed by atoms with Crippen molar-refractivity contribution in [2.24, 2.45) is 13.0 Å². The van der Waals surface area contributed by atoms with Crippen molar-refractivity contribution in [3.05, 3.63) is 88.2 Å². The zero-order chi connectivity index (χ0) is 37.7. The van der Waals surface area contributed by atoms with Crippen LogP contribution in [0.2, 0.25) is 0 Å². The van der Waals surface area contributed by atoms with Crippen molar-refractivity contribution in [2.75, 3.05) is 25.0 Å². The molecule has 5 heterocycles. The number of nitrogens with one attached hydrogen (secondary N) is 2. The summed E-state index contributed by atoms with van der Waals surface area (Å²) in [6.45, 7) is 1.86. The van der Waals surface area contributed by atoms with Crippen LogP contribution in [0, 0.1) is 5.92 Å². The number of carbonyl (C=O) groups excluding carboxylic acids is 3. The van der Waals surface area contributed by atoms with E-state index in [0.29, 0.717) is 35.6 Å². The second kappa shape index (κ2) is 14.5. The van der Waals surface area contributed by atoms with Crippen molar-refractivity contribution in [1.29, 1.82) is 0 Å². The van der Waals surface area contributed by atoms with Gasteiger partial charge < -0.3 is 10.2 Å². The zero-order valence-corrected chi connectivity index (χ0v) is 29.8. The number of para-hydroxylation sites is 1. The fraction of sp³-hybridized carbons (Fsp3) is 0.436. The third-order valence-electron chi connectivity index (χ3n) is 11.4. The Morgan fingerprint density at radius 1 is 1.00 bits per heavy atom. The van der Waals surface area contributed by atoms with Crippen molar-refractivity contribution in [2.45, 2.75) is 75.5 Å². The van der Waals surface area contributed by atoms with E-state index in [2.05, 4.69) is 20.5 Å². The highest BCUT2D eigenvalue weighted by atomic mass is 19.3. The molecular weight excluding hydrogens is 701 g/mol. The van der Waals surface area contributed by atoms with Crippen molar-refractivity contribution in [3.63, 3.8) is 0 Å². The standard InChI is InChI=1S/C39H41F3N8O4/c1-47-35-27(4-2-7-32(35)50(39(47)54)33-14-15-34(51)45-38(33)53)26-16-17-48(21-28(26)40)19-22-8-11-25(12-9-22)49-20-23-18-24(10-13-29(23)46-49)43-37(52)31-6-3-5-30(44-31)36(41)42/h2-7,10,13,18,20,22,25-26,28,33,36H,8-9,11-12,14-17,19,21H2,1H3,(H,43,52)(H,45,51,53)/t22?,25?,26-,28-,33?/m1/s1. The number of pyridine rings is 1. The lowest BCUT2D eigenvalue weighted by atomic mass is 9.83. The highest BCUT2D eigenvalue weighted by Crippen LogP contribution is 2.38. The molecule has 3 amide bonds. The van der Waals surface area contributed by atoms with Crippen LogP contribution in [-0.2, 0) is 16.6 Å². The Hall–Kier alpha value is -5.31. The number of rotatable bonds is 8. The number of imidazole rings is 1. The smallest absolute Gasteiger partial charge is 0.321 e. The average molecular weight is 743 g/mol. The van der Waals surface area contributed by atoms with Gasteiger partial charge in [-0.25, -0.2) is 22.9 Å². The number of hydrogen-bond donors (Lipinski definition) is 2. The van der Waals surface area contributed by atoms with Crippen LogP contribution in [-0.4, -0.2) is 72.3 Å². The summed E-state index contributed by atoms with van der Waals surface area (Å²) in [6.07, 6.45) is 2.92. The molecule has 0 radical (unpaired) electrons. The lowest BCUT2D eigenvalue weighted by molar-refractivity contribution is -0.135. The predicted molar refractivity (Wildman–Crippen MR) is 195 cm³/mol. The molecule has 54 heavy (non-hydrogen) atoms. The fourth-order valence-corrected chi connectivity index (χ4v) is 8.64. The topological polar surface area (TPSA) is 136 Å². The Bertz CT molecular complexity index is 2310. The van der Waals surface area contributed by atoms with Gasteiger partial charge in [-0.1, -0.05) is 18.2 Å². The number of alkyl halides is 3. The first-order valence-corrected chi connectivity index (χ1v) is 18.5. The van der Waals surface area contributed by atoms with E-state index in [0.717, 1.165) is 55.2 Å². The van der Waals surface area contributed by atoms with E-state index in [1.54, 1.807) is 19.2 Å². The summed E-state index contributed by atoms with van der Waals surface area (Å²) in [4.78, 5) is 56.5. The number of likely N-dealkylation sites (tertiary alicyclic amines) is 1. The van der Waals surface area contributed by atoms with E-state index >= 15 is 4.39 Å². The van der Waals surface area contributed by atoms with Crippen LogP contribution in [0.25, 0.3) is 21.9 Å². The van der Waals surface area contributed by atoms with Crippen molar-refractivity contribution >= 4 is 45.3 Å². The molecular formula is C39H41F3N8O4. The van der Waals surface area contributed by atoms with Gasteiger partial charge in [0.25, 0.3) is 12.3 Å². The number of imide groups is 1. The second-order valence-corrected chi connectivity index (χ2v) is 14.8. The number of aromatic nitrogens is 5. The number of hydrogen-bond acceptors (Lipinski definition) is 7. The Morgan fingerprint density at radius 3 is 2.56 bits per heavy atom. The van der Waals surface area contributed by atoms with Gasteiger partial charge in [0.2, 0.25) is 11.8 Å². The number of halogens is 3. The number of nitrogens with zero attached hydrogens (tertiary/aromatic N) is 6. The molecule has 1 aliphatic carbocycles. The third-order valence-corrected chi connectivity index (χ3v) is 11.4. The Labute approximate surface area is 308 Å². The minimum Gasteiger partial charge on any atom is -0.321 e. The molecule has 3 atom stereocenters. The Balaban J connectivity index is 0.874. The van der Waals surface area contributed by atoms with Gasteiger partial charge in [0, 0.05) is 49.7 Å². The number of anilines is 1. The molecule has 282 valence electrons. The van der Waals surface area contributed by atoms with Crippen molar-refractivity contribution in [3.8, 4) is 0 Å². The number of carbonyl (C=O) groups is 3. The molecule has 12 nitrogen and oxygen atoms in total. The number of aryl methyl sites for hydroxylation is 1. The number of amides is 3. The predicted octanol–water partition coefficient (Wildman–Crippen LogP) is 5.81. The Morgan fingerprint density at radius 2 is 1.80 bits per heavy atom. The van der Waals surface area contributed by atoms with E-state index in [9.17, 15) is 28.0 Å². The lowest BCUT2D eigenvalue weighted by Gasteiger charge is -2.38. The third kappa shape index (κ3) is 6.80. The molecule has 2 aliphatic heterocycles. The van der Waals surface area contributed by atoms with Crippen LogP contribution in [0.15, 0.2) is 65.6 Å².